The van der Waals surface area contributed by atoms with Crippen molar-refractivity contribution >= 4 is 37.8 Å². The molecule has 5 heteroatoms. The molecule has 0 saturated heterocycles. The van der Waals surface area contributed by atoms with Crippen LogP contribution >= 0.6 is 31.9 Å². The monoisotopic (exact) mass is 376 g/mol. The number of rotatable bonds is 6. The first-order valence-electron chi connectivity index (χ1n) is 5.88. The van der Waals surface area contributed by atoms with E-state index in [0.717, 1.165) is 34.9 Å². The lowest BCUT2D eigenvalue weighted by Gasteiger charge is -2.10. The van der Waals surface area contributed by atoms with Gasteiger partial charge in [0.05, 0.1) is 5.56 Å². The molecule has 1 aromatic rings. The lowest BCUT2D eigenvalue weighted by molar-refractivity contribution is 0.0952. The van der Waals surface area contributed by atoms with E-state index < -0.39 is 0 Å². The Morgan fingerprint density at radius 1 is 1.28 bits per heavy atom. The quantitative estimate of drug-likeness (QED) is 0.771. The Labute approximate surface area is 125 Å². The molecule has 0 fully saturated rings. The molecule has 1 aromatic carbocycles. The number of halogens is 2. The maximum Gasteiger partial charge on any atom is 0.252 e. The molecule has 0 spiro atoms. The molecule has 0 heterocycles. The third kappa shape index (κ3) is 5.50. The minimum Gasteiger partial charge on any atom is -0.352 e. The van der Waals surface area contributed by atoms with Gasteiger partial charge in [0.1, 0.15) is 0 Å². The number of nitrogens with zero attached hydrogens (tertiary/aromatic N) is 1. The molecule has 1 N–H and O–H groups in total. The predicted octanol–water partition coefficient (Wildman–Crippen LogP) is 3.28. The van der Waals surface area contributed by atoms with E-state index in [1.54, 1.807) is 0 Å². The molecule has 100 valence electrons. The summed E-state index contributed by atoms with van der Waals surface area (Å²) in [5.41, 5.74) is 0.672. The molecule has 18 heavy (non-hydrogen) atoms. The summed E-state index contributed by atoms with van der Waals surface area (Å²) >= 11 is 6.76. The zero-order chi connectivity index (χ0) is 13.5. The van der Waals surface area contributed by atoms with E-state index in [0.29, 0.717) is 5.56 Å². The SMILES string of the molecule is CN(C)CCCCNC(=O)c1ccc(Br)cc1Br. The number of unbranched alkanes of at least 4 members (excludes halogenated alkanes) is 1. The van der Waals surface area contributed by atoms with Crippen LogP contribution in [0.4, 0.5) is 0 Å². The summed E-state index contributed by atoms with van der Waals surface area (Å²) in [5, 5.41) is 2.93. The number of carbonyl (C=O) groups excluding carboxylic acids is 1. The predicted molar refractivity (Wildman–Crippen MR) is 82.0 cm³/mol. The number of benzene rings is 1. The molecule has 1 rings (SSSR count). The van der Waals surface area contributed by atoms with Crippen LogP contribution in [0.3, 0.4) is 0 Å². The average Bonchev–Trinajstić information content (AvgIpc) is 2.27. The molecule has 0 bridgehead atoms. The Kier molecular flexibility index (Phi) is 6.89. The number of hydrogen-bond donors (Lipinski definition) is 1. The maximum absolute atomic E-state index is 11.9. The fourth-order valence-electron chi connectivity index (χ4n) is 1.52. The average molecular weight is 378 g/mol. The van der Waals surface area contributed by atoms with Crippen molar-refractivity contribution in [3.05, 3.63) is 32.7 Å². The van der Waals surface area contributed by atoms with E-state index >= 15 is 0 Å². The lowest BCUT2D eigenvalue weighted by Crippen LogP contribution is -2.25. The second kappa shape index (κ2) is 7.92. The van der Waals surface area contributed by atoms with Crippen LogP contribution in [0.1, 0.15) is 23.2 Å². The van der Waals surface area contributed by atoms with Crippen molar-refractivity contribution < 1.29 is 4.79 Å². The first kappa shape index (κ1) is 15.7. The fourth-order valence-corrected chi connectivity index (χ4v) is 2.75. The number of amides is 1. The van der Waals surface area contributed by atoms with Crippen LogP contribution in [0.15, 0.2) is 27.1 Å². The molecular weight excluding hydrogens is 360 g/mol. The summed E-state index contributed by atoms with van der Waals surface area (Å²) in [5.74, 6) is -0.0285. The summed E-state index contributed by atoms with van der Waals surface area (Å²) in [4.78, 5) is 14.1. The Morgan fingerprint density at radius 2 is 2.00 bits per heavy atom. The Bertz CT molecular complexity index is 408. The highest BCUT2D eigenvalue weighted by Crippen LogP contribution is 2.21. The molecule has 0 aliphatic rings. The molecule has 0 aliphatic heterocycles. The smallest absolute Gasteiger partial charge is 0.252 e. The highest BCUT2D eigenvalue weighted by atomic mass is 79.9. The second-order valence-electron chi connectivity index (χ2n) is 4.39. The van der Waals surface area contributed by atoms with Crippen LogP contribution in [-0.2, 0) is 0 Å². The Morgan fingerprint density at radius 3 is 2.61 bits per heavy atom. The van der Waals surface area contributed by atoms with Gasteiger partial charge in [-0.25, -0.2) is 0 Å². The minimum absolute atomic E-state index is 0.0285. The van der Waals surface area contributed by atoms with Crippen LogP contribution in [0.2, 0.25) is 0 Å². The minimum atomic E-state index is -0.0285. The van der Waals surface area contributed by atoms with Crippen molar-refractivity contribution in [2.45, 2.75) is 12.8 Å². The highest BCUT2D eigenvalue weighted by Gasteiger charge is 2.09. The van der Waals surface area contributed by atoms with E-state index in [9.17, 15) is 4.79 Å². The Hall–Kier alpha value is -0.390. The van der Waals surface area contributed by atoms with Crippen LogP contribution < -0.4 is 5.32 Å². The molecule has 0 unspecified atom stereocenters. The van der Waals surface area contributed by atoms with Gasteiger partial charge in [0, 0.05) is 15.5 Å². The van der Waals surface area contributed by atoms with Crippen LogP contribution in [0, 0.1) is 0 Å². The second-order valence-corrected chi connectivity index (χ2v) is 6.16. The van der Waals surface area contributed by atoms with Gasteiger partial charge in [0.25, 0.3) is 5.91 Å². The first-order valence-corrected chi connectivity index (χ1v) is 7.47. The summed E-state index contributed by atoms with van der Waals surface area (Å²) in [7, 11) is 4.11. The molecule has 3 nitrogen and oxygen atoms in total. The number of hydrogen-bond acceptors (Lipinski definition) is 2. The van der Waals surface area contributed by atoms with Crippen LogP contribution in [-0.4, -0.2) is 38.0 Å². The summed E-state index contributed by atoms with van der Waals surface area (Å²) < 4.78 is 1.76. The largest absolute Gasteiger partial charge is 0.352 e. The van der Waals surface area contributed by atoms with Crippen molar-refractivity contribution in [1.82, 2.24) is 10.2 Å². The molecule has 0 radical (unpaired) electrons. The molecule has 0 saturated carbocycles. The van der Waals surface area contributed by atoms with Crippen molar-refractivity contribution in [2.75, 3.05) is 27.2 Å². The van der Waals surface area contributed by atoms with Gasteiger partial charge in [-0.3, -0.25) is 4.79 Å². The molecular formula is C13H18Br2N2O. The van der Waals surface area contributed by atoms with Gasteiger partial charge in [-0.2, -0.15) is 0 Å². The molecule has 0 aliphatic carbocycles. The zero-order valence-corrected chi connectivity index (χ0v) is 13.8. The van der Waals surface area contributed by atoms with Crippen LogP contribution in [0.5, 0.6) is 0 Å². The van der Waals surface area contributed by atoms with Gasteiger partial charge in [-0.05, 0) is 67.6 Å². The van der Waals surface area contributed by atoms with Gasteiger partial charge < -0.3 is 10.2 Å². The molecule has 0 atom stereocenters. The van der Waals surface area contributed by atoms with Crippen molar-refractivity contribution in [3.8, 4) is 0 Å². The van der Waals surface area contributed by atoms with Crippen molar-refractivity contribution in [1.29, 1.82) is 0 Å². The van der Waals surface area contributed by atoms with Gasteiger partial charge in [0.2, 0.25) is 0 Å². The Balaban J connectivity index is 2.36. The van der Waals surface area contributed by atoms with Gasteiger partial charge in [-0.1, -0.05) is 15.9 Å². The number of nitrogens with one attached hydrogen (secondary N) is 1. The van der Waals surface area contributed by atoms with Crippen LogP contribution in [0.25, 0.3) is 0 Å². The van der Waals surface area contributed by atoms with E-state index in [4.69, 9.17) is 0 Å². The standard InChI is InChI=1S/C13H18Br2N2O/c1-17(2)8-4-3-7-16-13(18)11-6-5-10(14)9-12(11)15/h5-6,9H,3-4,7-8H2,1-2H3,(H,16,18). The fraction of sp³-hybridized carbons (Fsp3) is 0.462. The number of carbonyl (C=O) groups is 1. The summed E-state index contributed by atoms with van der Waals surface area (Å²) in [6, 6.07) is 5.55. The van der Waals surface area contributed by atoms with E-state index in [-0.39, 0.29) is 5.91 Å². The maximum atomic E-state index is 11.9. The first-order chi connectivity index (χ1) is 8.50. The van der Waals surface area contributed by atoms with E-state index in [1.807, 2.05) is 18.2 Å². The van der Waals surface area contributed by atoms with E-state index in [1.165, 1.54) is 0 Å². The third-order valence-electron chi connectivity index (χ3n) is 2.49. The van der Waals surface area contributed by atoms with Gasteiger partial charge in [-0.15, -0.1) is 0 Å². The van der Waals surface area contributed by atoms with Gasteiger partial charge in [0.15, 0.2) is 0 Å². The molecule has 1 amide bonds. The summed E-state index contributed by atoms with van der Waals surface area (Å²) in [6.45, 7) is 1.77. The van der Waals surface area contributed by atoms with Crippen molar-refractivity contribution in [2.24, 2.45) is 0 Å². The normalized spacial score (nSPS) is 10.7. The lowest BCUT2D eigenvalue weighted by atomic mass is 10.2. The highest BCUT2D eigenvalue weighted by molar-refractivity contribution is 9.11. The van der Waals surface area contributed by atoms with E-state index in [2.05, 4.69) is 56.2 Å². The van der Waals surface area contributed by atoms with Crippen molar-refractivity contribution in [3.63, 3.8) is 0 Å². The topological polar surface area (TPSA) is 32.3 Å². The summed E-state index contributed by atoms with van der Waals surface area (Å²) in [6.07, 6.45) is 2.09. The van der Waals surface area contributed by atoms with Gasteiger partial charge >= 0.3 is 0 Å². The third-order valence-corrected chi connectivity index (χ3v) is 3.64. The molecule has 0 aromatic heterocycles. The zero-order valence-electron chi connectivity index (χ0n) is 10.7.